The molecule has 0 spiro atoms. The highest BCUT2D eigenvalue weighted by Crippen LogP contribution is 2.26. The van der Waals surface area contributed by atoms with E-state index in [9.17, 15) is 5.11 Å². The fraction of sp³-hybridized carbons (Fsp3) is 0.462. The summed E-state index contributed by atoms with van der Waals surface area (Å²) in [5, 5.41) is 22.0. The summed E-state index contributed by atoms with van der Waals surface area (Å²) in [6, 6.07) is 1.81. The van der Waals surface area contributed by atoms with Crippen LogP contribution in [0, 0.1) is 0 Å². The van der Waals surface area contributed by atoms with Crippen LogP contribution < -0.4 is 5.32 Å². The van der Waals surface area contributed by atoms with Gasteiger partial charge in [-0.3, -0.25) is 4.98 Å². The van der Waals surface area contributed by atoms with Crippen molar-refractivity contribution < 1.29 is 10.2 Å². The Morgan fingerprint density at radius 2 is 2.26 bits per heavy atom. The second-order valence-corrected chi connectivity index (χ2v) is 4.81. The van der Waals surface area contributed by atoms with Crippen molar-refractivity contribution in [1.29, 1.82) is 0 Å². The van der Waals surface area contributed by atoms with Gasteiger partial charge in [-0.1, -0.05) is 17.7 Å². The molecule has 0 radical (unpaired) electrons. The number of aliphatic hydroxyl groups excluding tert-OH is 2. The Hall–Kier alpha value is -0.650. The molecule has 2 rings (SSSR count). The number of hydrogen-bond acceptors (Lipinski definition) is 4. The molecule has 1 aromatic heterocycles. The van der Waals surface area contributed by atoms with E-state index in [1.54, 1.807) is 6.20 Å². The standard InChI is InChI=1S/C13H17ClN2O2.ClH/c14-12-6-9(5-11(18)8-17)7-16-13(12)10-1-3-15-4-2-10;/h1,6-7,11,15,17-18H,2-5,8H2;1H. The minimum absolute atomic E-state index is 0. The van der Waals surface area contributed by atoms with Crippen molar-refractivity contribution in [2.75, 3.05) is 19.7 Å². The van der Waals surface area contributed by atoms with Gasteiger partial charge in [0, 0.05) is 19.2 Å². The lowest BCUT2D eigenvalue weighted by molar-refractivity contribution is 0.0954. The Kier molecular flexibility index (Phi) is 6.75. The first kappa shape index (κ1) is 16.4. The second kappa shape index (κ2) is 7.82. The van der Waals surface area contributed by atoms with E-state index in [1.807, 2.05) is 6.07 Å². The molecule has 1 aliphatic heterocycles. The smallest absolute Gasteiger partial charge is 0.0845 e. The molecule has 3 N–H and O–H groups in total. The summed E-state index contributed by atoms with van der Waals surface area (Å²) in [6.07, 6.45) is 4.34. The van der Waals surface area contributed by atoms with E-state index in [0.29, 0.717) is 11.4 Å². The van der Waals surface area contributed by atoms with Gasteiger partial charge in [-0.15, -0.1) is 12.4 Å². The van der Waals surface area contributed by atoms with Crippen LogP contribution in [-0.2, 0) is 6.42 Å². The molecule has 1 atom stereocenters. The van der Waals surface area contributed by atoms with Gasteiger partial charge in [-0.25, -0.2) is 0 Å². The molecule has 19 heavy (non-hydrogen) atoms. The first-order valence-corrected chi connectivity index (χ1v) is 6.42. The zero-order valence-electron chi connectivity index (χ0n) is 10.5. The Labute approximate surface area is 123 Å². The molecular weight excluding hydrogens is 287 g/mol. The molecule has 1 aliphatic rings. The molecule has 106 valence electrons. The van der Waals surface area contributed by atoms with Gasteiger partial charge < -0.3 is 15.5 Å². The van der Waals surface area contributed by atoms with Gasteiger partial charge in [-0.2, -0.15) is 0 Å². The van der Waals surface area contributed by atoms with E-state index in [0.717, 1.165) is 36.3 Å². The molecule has 0 saturated heterocycles. The van der Waals surface area contributed by atoms with E-state index < -0.39 is 6.10 Å². The topological polar surface area (TPSA) is 65.4 Å². The van der Waals surface area contributed by atoms with E-state index in [1.165, 1.54) is 0 Å². The third kappa shape index (κ3) is 4.44. The first-order valence-electron chi connectivity index (χ1n) is 6.04. The van der Waals surface area contributed by atoms with Gasteiger partial charge >= 0.3 is 0 Å². The largest absolute Gasteiger partial charge is 0.394 e. The normalized spacial score (nSPS) is 16.5. The van der Waals surface area contributed by atoms with E-state index >= 15 is 0 Å². The Morgan fingerprint density at radius 3 is 2.84 bits per heavy atom. The number of aromatic nitrogens is 1. The second-order valence-electron chi connectivity index (χ2n) is 4.40. The van der Waals surface area contributed by atoms with Crippen LogP contribution in [0.1, 0.15) is 17.7 Å². The Balaban J connectivity index is 0.00000180. The lowest BCUT2D eigenvalue weighted by Gasteiger charge is -2.15. The lowest BCUT2D eigenvalue weighted by atomic mass is 10.0. The Bertz CT molecular complexity index is 452. The van der Waals surface area contributed by atoms with Crippen LogP contribution in [0.25, 0.3) is 5.57 Å². The highest BCUT2D eigenvalue weighted by molar-refractivity contribution is 6.32. The average molecular weight is 305 g/mol. The third-order valence-corrected chi connectivity index (χ3v) is 3.24. The van der Waals surface area contributed by atoms with Gasteiger partial charge in [0.05, 0.1) is 23.4 Å². The molecule has 0 aromatic carbocycles. The monoisotopic (exact) mass is 304 g/mol. The van der Waals surface area contributed by atoms with Gasteiger partial charge in [0.25, 0.3) is 0 Å². The summed E-state index contributed by atoms with van der Waals surface area (Å²) in [5.41, 5.74) is 2.81. The maximum atomic E-state index is 9.38. The number of nitrogens with one attached hydrogen (secondary N) is 1. The number of hydrogen-bond donors (Lipinski definition) is 3. The number of aliphatic hydroxyl groups is 2. The minimum atomic E-state index is -0.758. The Morgan fingerprint density at radius 1 is 1.47 bits per heavy atom. The molecule has 1 aromatic rings. The van der Waals surface area contributed by atoms with Crippen molar-refractivity contribution >= 4 is 29.6 Å². The fourth-order valence-electron chi connectivity index (χ4n) is 2.00. The number of pyridine rings is 1. The average Bonchev–Trinajstić information content (AvgIpc) is 2.40. The van der Waals surface area contributed by atoms with Gasteiger partial charge in [0.1, 0.15) is 0 Å². The van der Waals surface area contributed by atoms with Crippen LogP contribution in [0.5, 0.6) is 0 Å². The number of halogens is 2. The van der Waals surface area contributed by atoms with Crippen molar-refractivity contribution in [3.05, 3.63) is 34.6 Å². The maximum Gasteiger partial charge on any atom is 0.0845 e. The molecule has 4 nitrogen and oxygen atoms in total. The predicted octanol–water partition coefficient (Wildman–Crippen LogP) is 1.43. The van der Waals surface area contributed by atoms with Crippen molar-refractivity contribution in [2.45, 2.75) is 18.9 Å². The van der Waals surface area contributed by atoms with Crippen LogP contribution >= 0.6 is 24.0 Å². The summed E-state index contributed by atoms with van der Waals surface area (Å²) in [5.74, 6) is 0. The van der Waals surface area contributed by atoms with E-state index in [2.05, 4.69) is 16.4 Å². The molecule has 0 aliphatic carbocycles. The van der Waals surface area contributed by atoms with E-state index in [-0.39, 0.29) is 19.0 Å². The van der Waals surface area contributed by atoms with Crippen molar-refractivity contribution in [2.24, 2.45) is 0 Å². The summed E-state index contributed by atoms with van der Waals surface area (Å²) >= 11 is 6.22. The molecule has 0 bridgehead atoms. The molecule has 1 unspecified atom stereocenters. The number of rotatable bonds is 4. The van der Waals surface area contributed by atoms with Crippen molar-refractivity contribution in [3.8, 4) is 0 Å². The van der Waals surface area contributed by atoms with E-state index in [4.69, 9.17) is 16.7 Å². The molecule has 2 heterocycles. The molecular formula is C13H18Cl2N2O2. The van der Waals surface area contributed by atoms with Crippen LogP contribution in [0.15, 0.2) is 18.3 Å². The van der Waals surface area contributed by atoms with Gasteiger partial charge in [0.15, 0.2) is 0 Å². The van der Waals surface area contributed by atoms with Crippen LogP contribution in [0.4, 0.5) is 0 Å². The summed E-state index contributed by atoms with van der Waals surface area (Å²) in [4.78, 5) is 4.37. The van der Waals surface area contributed by atoms with Crippen LogP contribution in [-0.4, -0.2) is 41.0 Å². The summed E-state index contributed by atoms with van der Waals surface area (Å²) < 4.78 is 0. The highest BCUT2D eigenvalue weighted by atomic mass is 35.5. The third-order valence-electron chi connectivity index (χ3n) is 2.95. The quantitative estimate of drug-likeness (QED) is 0.787. The van der Waals surface area contributed by atoms with Crippen LogP contribution in [0.3, 0.4) is 0 Å². The summed E-state index contributed by atoms with van der Waals surface area (Å²) in [6.45, 7) is 1.53. The number of nitrogens with zero attached hydrogens (tertiary/aromatic N) is 1. The molecule has 0 amide bonds. The van der Waals surface area contributed by atoms with Crippen molar-refractivity contribution in [1.82, 2.24) is 10.3 Å². The van der Waals surface area contributed by atoms with Crippen molar-refractivity contribution in [3.63, 3.8) is 0 Å². The first-order chi connectivity index (χ1) is 8.70. The zero-order chi connectivity index (χ0) is 13.0. The lowest BCUT2D eigenvalue weighted by Crippen LogP contribution is -2.20. The predicted molar refractivity (Wildman–Crippen MR) is 78.8 cm³/mol. The molecule has 6 heteroatoms. The van der Waals surface area contributed by atoms with Gasteiger partial charge in [-0.05, 0) is 30.2 Å². The van der Waals surface area contributed by atoms with Crippen LogP contribution in [0.2, 0.25) is 5.02 Å². The fourth-order valence-corrected chi connectivity index (χ4v) is 2.31. The summed E-state index contributed by atoms with van der Waals surface area (Å²) in [7, 11) is 0. The minimum Gasteiger partial charge on any atom is -0.394 e. The highest BCUT2D eigenvalue weighted by Gasteiger charge is 2.12. The molecule has 0 fully saturated rings. The maximum absolute atomic E-state index is 9.38. The van der Waals surface area contributed by atoms with Gasteiger partial charge in [0.2, 0.25) is 0 Å². The zero-order valence-corrected chi connectivity index (χ0v) is 12.0. The molecule has 0 saturated carbocycles. The SMILES string of the molecule is Cl.OCC(O)Cc1cnc(C2=CCNCC2)c(Cl)c1.